The van der Waals surface area contributed by atoms with Crippen molar-refractivity contribution >= 4 is 0 Å². The van der Waals surface area contributed by atoms with Crippen molar-refractivity contribution in [2.75, 3.05) is 0 Å². The number of hydrogen-bond acceptors (Lipinski definition) is 1. The first-order valence-corrected chi connectivity index (χ1v) is 7.22. The van der Waals surface area contributed by atoms with Crippen molar-refractivity contribution in [3.8, 4) is 0 Å². The van der Waals surface area contributed by atoms with Crippen LogP contribution in [0.25, 0.3) is 0 Å². The maximum absolute atomic E-state index is 3.71. The molecule has 1 heteroatoms. The lowest BCUT2D eigenvalue weighted by Crippen LogP contribution is -2.29. The first kappa shape index (κ1) is 15.2. The van der Waals surface area contributed by atoms with E-state index in [0.717, 1.165) is 5.92 Å². The molecule has 1 aromatic rings. The summed E-state index contributed by atoms with van der Waals surface area (Å²) in [5.41, 5.74) is 4.12. The molecule has 0 bridgehead atoms. The van der Waals surface area contributed by atoms with Crippen LogP contribution in [-0.4, -0.2) is 6.04 Å². The van der Waals surface area contributed by atoms with Crippen LogP contribution in [0.5, 0.6) is 0 Å². The highest BCUT2D eigenvalue weighted by Crippen LogP contribution is 2.18. The molecule has 0 aromatic heterocycles. The van der Waals surface area contributed by atoms with Gasteiger partial charge in [-0.05, 0) is 52.0 Å². The van der Waals surface area contributed by atoms with Crippen LogP contribution in [0, 0.1) is 19.8 Å². The van der Waals surface area contributed by atoms with Gasteiger partial charge in [0.2, 0.25) is 0 Å². The summed E-state index contributed by atoms with van der Waals surface area (Å²) < 4.78 is 0. The normalized spacial score (nSPS) is 14.8. The second-order valence-electron chi connectivity index (χ2n) is 6.18. The van der Waals surface area contributed by atoms with E-state index in [2.05, 4.69) is 65.1 Å². The molecule has 1 nitrogen and oxygen atoms in total. The molecule has 0 heterocycles. The predicted molar refractivity (Wildman–Crippen MR) is 81.0 cm³/mol. The number of nitrogens with one attached hydrogen (secondary N) is 1. The molecule has 1 N–H and O–H groups in total. The van der Waals surface area contributed by atoms with E-state index in [1.54, 1.807) is 0 Å². The van der Waals surface area contributed by atoms with Crippen LogP contribution in [0.2, 0.25) is 0 Å². The SMILES string of the molecule is Cc1cc(C)cc(C(C)NC(C)CCC(C)C)c1. The lowest BCUT2D eigenvalue weighted by molar-refractivity contribution is 0.417. The molecular formula is C17H29N. The number of hydrogen-bond donors (Lipinski definition) is 1. The van der Waals surface area contributed by atoms with E-state index in [1.165, 1.54) is 29.5 Å². The first-order chi connectivity index (χ1) is 8.38. The summed E-state index contributed by atoms with van der Waals surface area (Å²) in [6, 6.07) is 7.84. The van der Waals surface area contributed by atoms with E-state index in [1.807, 2.05) is 0 Å². The van der Waals surface area contributed by atoms with Crippen LogP contribution in [0.3, 0.4) is 0 Å². The molecule has 0 aliphatic carbocycles. The summed E-state index contributed by atoms with van der Waals surface area (Å²) in [6.45, 7) is 13.5. The van der Waals surface area contributed by atoms with Crippen LogP contribution >= 0.6 is 0 Å². The number of aryl methyl sites for hydroxylation is 2. The van der Waals surface area contributed by atoms with Gasteiger partial charge in [-0.2, -0.15) is 0 Å². The van der Waals surface area contributed by atoms with Crippen molar-refractivity contribution < 1.29 is 0 Å². The van der Waals surface area contributed by atoms with Gasteiger partial charge in [0.25, 0.3) is 0 Å². The molecule has 0 aliphatic heterocycles. The fourth-order valence-electron chi connectivity index (χ4n) is 2.45. The summed E-state index contributed by atoms with van der Waals surface area (Å²) in [7, 11) is 0. The molecule has 2 atom stereocenters. The van der Waals surface area contributed by atoms with Gasteiger partial charge in [0.1, 0.15) is 0 Å². The minimum Gasteiger partial charge on any atom is -0.308 e. The monoisotopic (exact) mass is 247 g/mol. The molecule has 0 aliphatic rings. The highest BCUT2D eigenvalue weighted by atomic mass is 14.9. The second kappa shape index (κ2) is 6.94. The third-order valence-corrected chi connectivity index (χ3v) is 3.46. The van der Waals surface area contributed by atoms with E-state index in [4.69, 9.17) is 0 Å². The zero-order valence-electron chi connectivity index (χ0n) is 12.9. The lowest BCUT2D eigenvalue weighted by atomic mass is 10.00. The molecule has 1 aromatic carbocycles. The quantitative estimate of drug-likeness (QED) is 0.763. The maximum atomic E-state index is 3.71. The van der Waals surface area contributed by atoms with Crippen molar-refractivity contribution in [2.24, 2.45) is 5.92 Å². The fraction of sp³-hybridized carbons (Fsp3) is 0.647. The Morgan fingerprint density at radius 1 is 0.889 bits per heavy atom. The third-order valence-electron chi connectivity index (χ3n) is 3.46. The van der Waals surface area contributed by atoms with E-state index in [0.29, 0.717) is 12.1 Å². The minimum absolute atomic E-state index is 0.436. The Balaban J connectivity index is 2.56. The topological polar surface area (TPSA) is 12.0 Å². The predicted octanol–water partition coefficient (Wildman–Crippen LogP) is 4.78. The Labute approximate surface area is 113 Å². The summed E-state index contributed by atoms with van der Waals surface area (Å²) in [5, 5.41) is 3.71. The van der Waals surface area contributed by atoms with Gasteiger partial charge in [0, 0.05) is 12.1 Å². The third kappa shape index (κ3) is 5.22. The van der Waals surface area contributed by atoms with Gasteiger partial charge in [-0.15, -0.1) is 0 Å². The van der Waals surface area contributed by atoms with Gasteiger partial charge in [-0.3, -0.25) is 0 Å². The van der Waals surface area contributed by atoms with Crippen molar-refractivity contribution in [3.05, 3.63) is 34.9 Å². The average molecular weight is 247 g/mol. The molecule has 0 radical (unpaired) electrons. The zero-order valence-corrected chi connectivity index (χ0v) is 12.9. The molecule has 2 unspecified atom stereocenters. The van der Waals surface area contributed by atoms with Crippen LogP contribution in [0.4, 0.5) is 0 Å². The number of benzene rings is 1. The molecular weight excluding hydrogens is 218 g/mol. The molecule has 18 heavy (non-hydrogen) atoms. The van der Waals surface area contributed by atoms with Gasteiger partial charge < -0.3 is 5.32 Å². The first-order valence-electron chi connectivity index (χ1n) is 7.22. The summed E-state index contributed by atoms with van der Waals surface area (Å²) in [6.07, 6.45) is 2.56. The van der Waals surface area contributed by atoms with Gasteiger partial charge in [-0.25, -0.2) is 0 Å². The smallest absolute Gasteiger partial charge is 0.0294 e. The van der Waals surface area contributed by atoms with E-state index in [-0.39, 0.29) is 0 Å². The highest BCUT2D eigenvalue weighted by Gasteiger charge is 2.10. The highest BCUT2D eigenvalue weighted by molar-refractivity contribution is 5.30. The Kier molecular flexibility index (Phi) is 5.87. The lowest BCUT2D eigenvalue weighted by Gasteiger charge is -2.22. The molecule has 0 saturated carbocycles. The minimum atomic E-state index is 0.436. The fourth-order valence-corrected chi connectivity index (χ4v) is 2.45. The second-order valence-corrected chi connectivity index (χ2v) is 6.18. The summed E-state index contributed by atoms with van der Waals surface area (Å²) >= 11 is 0. The van der Waals surface area contributed by atoms with Gasteiger partial charge in [0.05, 0.1) is 0 Å². The van der Waals surface area contributed by atoms with Crippen LogP contribution < -0.4 is 5.32 Å². The van der Waals surface area contributed by atoms with Gasteiger partial charge in [-0.1, -0.05) is 43.2 Å². The Bertz CT molecular complexity index is 348. The van der Waals surface area contributed by atoms with Crippen LogP contribution in [0.1, 0.15) is 63.3 Å². The van der Waals surface area contributed by atoms with Crippen LogP contribution in [0.15, 0.2) is 18.2 Å². The maximum Gasteiger partial charge on any atom is 0.0294 e. The zero-order chi connectivity index (χ0) is 13.7. The Hall–Kier alpha value is -0.820. The summed E-state index contributed by atoms with van der Waals surface area (Å²) in [5.74, 6) is 0.797. The van der Waals surface area contributed by atoms with Gasteiger partial charge >= 0.3 is 0 Å². The standard InChI is InChI=1S/C17H29N/c1-12(2)7-8-15(5)18-16(6)17-10-13(3)9-14(4)11-17/h9-12,15-16,18H,7-8H2,1-6H3. The van der Waals surface area contributed by atoms with Crippen LogP contribution in [-0.2, 0) is 0 Å². The van der Waals surface area contributed by atoms with E-state index < -0.39 is 0 Å². The molecule has 0 saturated heterocycles. The van der Waals surface area contributed by atoms with Crippen molar-refractivity contribution in [3.63, 3.8) is 0 Å². The van der Waals surface area contributed by atoms with E-state index >= 15 is 0 Å². The average Bonchev–Trinajstić information content (AvgIpc) is 2.25. The molecule has 1 rings (SSSR count). The van der Waals surface area contributed by atoms with Crippen molar-refractivity contribution in [1.82, 2.24) is 5.32 Å². The molecule has 0 spiro atoms. The van der Waals surface area contributed by atoms with Gasteiger partial charge in [0.15, 0.2) is 0 Å². The van der Waals surface area contributed by atoms with Crippen molar-refractivity contribution in [2.45, 2.75) is 66.5 Å². The largest absolute Gasteiger partial charge is 0.308 e. The van der Waals surface area contributed by atoms with E-state index in [9.17, 15) is 0 Å². The molecule has 0 amide bonds. The Morgan fingerprint density at radius 3 is 1.94 bits per heavy atom. The summed E-state index contributed by atoms with van der Waals surface area (Å²) in [4.78, 5) is 0. The van der Waals surface area contributed by atoms with Crippen molar-refractivity contribution in [1.29, 1.82) is 0 Å². The molecule has 0 fully saturated rings. The Morgan fingerprint density at radius 2 is 1.44 bits per heavy atom. The number of rotatable bonds is 6. The molecule has 102 valence electrons.